The third-order valence-electron chi connectivity index (χ3n) is 2.70. The number of nitrogens with one attached hydrogen (secondary N) is 1. The van der Waals surface area contributed by atoms with Crippen molar-refractivity contribution in [1.82, 2.24) is 4.98 Å². The smallest absolute Gasteiger partial charge is 0.255 e. The van der Waals surface area contributed by atoms with Crippen molar-refractivity contribution in [1.29, 1.82) is 0 Å². The number of rotatable bonds is 2. The van der Waals surface area contributed by atoms with E-state index in [1.165, 1.54) is 12.1 Å². The van der Waals surface area contributed by atoms with Crippen molar-refractivity contribution in [2.45, 2.75) is 13.8 Å². The van der Waals surface area contributed by atoms with Gasteiger partial charge in [0.1, 0.15) is 11.6 Å². The van der Waals surface area contributed by atoms with Gasteiger partial charge in [0.15, 0.2) is 0 Å². The SMILES string of the molecule is Cc1cc(C(=O)Nc2c(C)cccc2F)cc(N)n1. The van der Waals surface area contributed by atoms with E-state index in [1.807, 2.05) is 0 Å². The minimum absolute atomic E-state index is 0.181. The van der Waals surface area contributed by atoms with E-state index < -0.39 is 11.7 Å². The highest BCUT2D eigenvalue weighted by molar-refractivity contribution is 6.05. The summed E-state index contributed by atoms with van der Waals surface area (Å²) in [4.78, 5) is 16.0. The molecule has 0 radical (unpaired) electrons. The first-order valence-corrected chi connectivity index (χ1v) is 5.78. The zero-order chi connectivity index (χ0) is 14.0. The number of carbonyl (C=O) groups is 1. The second-order valence-electron chi connectivity index (χ2n) is 4.31. The number of amides is 1. The third kappa shape index (κ3) is 2.88. The molecule has 0 saturated heterocycles. The normalized spacial score (nSPS) is 10.3. The summed E-state index contributed by atoms with van der Waals surface area (Å²) in [6, 6.07) is 7.68. The van der Waals surface area contributed by atoms with E-state index in [2.05, 4.69) is 10.3 Å². The summed E-state index contributed by atoms with van der Waals surface area (Å²) in [5.41, 5.74) is 7.41. The molecule has 98 valence electrons. The van der Waals surface area contributed by atoms with Crippen molar-refractivity contribution in [3.05, 3.63) is 53.0 Å². The Hall–Kier alpha value is -2.43. The van der Waals surface area contributed by atoms with Crippen LogP contribution in [-0.2, 0) is 0 Å². The lowest BCUT2D eigenvalue weighted by Gasteiger charge is -2.10. The maximum absolute atomic E-state index is 13.6. The highest BCUT2D eigenvalue weighted by Crippen LogP contribution is 2.20. The molecule has 19 heavy (non-hydrogen) atoms. The molecule has 0 fully saturated rings. The molecule has 0 aliphatic carbocycles. The number of nitrogens with zero attached hydrogens (tertiary/aromatic N) is 1. The van der Waals surface area contributed by atoms with Crippen molar-refractivity contribution in [2.75, 3.05) is 11.1 Å². The van der Waals surface area contributed by atoms with Gasteiger partial charge in [0, 0.05) is 11.3 Å². The Balaban J connectivity index is 2.31. The predicted molar refractivity (Wildman–Crippen MR) is 72.5 cm³/mol. The standard InChI is InChI=1S/C14H14FN3O/c1-8-4-3-5-11(15)13(8)18-14(19)10-6-9(2)17-12(16)7-10/h3-7H,1-2H3,(H2,16,17)(H,18,19). The second kappa shape index (κ2) is 5.06. The van der Waals surface area contributed by atoms with Gasteiger partial charge < -0.3 is 11.1 Å². The van der Waals surface area contributed by atoms with Crippen LogP contribution in [0.4, 0.5) is 15.9 Å². The average Bonchev–Trinajstić information content (AvgIpc) is 2.32. The molecule has 0 aliphatic rings. The molecule has 0 atom stereocenters. The number of halogens is 1. The number of anilines is 2. The fourth-order valence-electron chi connectivity index (χ4n) is 1.80. The maximum Gasteiger partial charge on any atom is 0.255 e. The van der Waals surface area contributed by atoms with Crippen molar-refractivity contribution < 1.29 is 9.18 Å². The Morgan fingerprint density at radius 3 is 2.68 bits per heavy atom. The summed E-state index contributed by atoms with van der Waals surface area (Å²) < 4.78 is 13.6. The van der Waals surface area contributed by atoms with E-state index in [0.717, 1.165) is 0 Å². The van der Waals surface area contributed by atoms with Gasteiger partial charge in [-0.05, 0) is 37.6 Å². The molecule has 0 aliphatic heterocycles. The number of nitrogen functional groups attached to an aromatic ring is 1. The third-order valence-corrected chi connectivity index (χ3v) is 2.70. The Bertz CT molecular complexity index is 600. The first-order valence-electron chi connectivity index (χ1n) is 5.78. The number of aryl methyl sites for hydroxylation is 2. The number of para-hydroxylation sites is 1. The summed E-state index contributed by atoms with van der Waals surface area (Å²) in [7, 11) is 0. The largest absolute Gasteiger partial charge is 0.384 e. The fraction of sp³-hybridized carbons (Fsp3) is 0.143. The van der Waals surface area contributed by atoms with E-state index in [1.54, 1.807) is 32.0 Å². The Labute approximate surface area is 110 Å². The minimum Gasteiger partial charge on any atom is -0.384 e. The molecule has 2 rings (SSSR count). The van der Waals surface area contributed by atoms with Gasteiger partial charge in [-0.15, -0.1) is 0 Å². The van der Waals surface area contributed by atoms with E-state index in [0.29, 0.717) is 16.8 Å². The molecule has 2 aromatic rings. The summed E-state index contributed by atoms with van der Waals surface area (Å²) >= 11 is 0. The molecule has 1 heterocycles. The van der Waals surface area contributed by atoms with Crippen LogP contribution >= 0.6 is 0 Å². The zero-order valence-electron chi connectivity index (χ0n) is 10.7. The van der Waals surface area contributed by atoms with Gasteiger partial charge in [-0.2, -0.15) is 0 Å². The Morgan fingerprint density at radius 1 is 1.32 bits per heavy atom. The van der Waals surface area contributed by atoms with Gasteiger partial charge in [-0.25, -0.2) is 9.37 Å². The van der Waals surface area contributed by atoms with Gasteiger partial charge in [-0.3, -0.25) is 4.79 Å². The van der Waals surface area contributed by atoms with E-state index in [-0.39, 0.29) is 11.5 Å². The molecule has 0 unspecified atom stereocenters. The number of benzene rings is 1. The van der Waals surface area contributed by atoms with Crippen LogP contribution in [0.1, 0.15) is 21.6 Å². The highest BCUT2D eigenvalue weighted by Gasteiger charge is 2.12. The molecule has 3 N–H and O–H groups in total. The van der Waals surface area contributed by atoms with Gasteiger partial charge in [0.2, 0.25) is 0 Å². The molecule has 0 bridgehead atoms. The monoisotopic (exact) mass is 259 g/mol. The molecular weight excluding hydrogens is 245 g/mol. The lowest BCUT2D eigenvalue weighted by Crippen LogP contribution is -2.15. The molecule has 0 saturated carbocycles. The fourth-order valence-corrected chi connectivity index (χ4v) is 1.80. The molecule has 0 spiro atoms. The lowest BCUT2D eigenvalue weighted by atomic mass is 10.1. The van der Waals surface area contributed by atoms with Gasteiger partial charge >= 0.3 is 0 Å². The van der Waals surface area contributed by atoms with E-state index in [9.17, 15) is 9.18 Å². The summed E-state index contributed by atoms with van der Waals surface area (Å²) in [6.45, 7) is 3.46. The van der Waals surface area contributed by atoms with Crippen LogP contribution in [0, 0.1) is 19.7 Å². The number of hydrogen-bond donors (Lipinski definition) is 2. The van der Waals surface area contributed by atoms with Gasteiger partial charge in [0.25, 0.3) is 5.91 Å². The lowest BCUT2D eigenvalue weighted by molar-refractivity contribution is 0.102. The zero-order valence-corrected chi connectivity index (χ0v) is 10.7. The first-order chi connectivity index (χ1) is 8.97. The molecular formula is C14H14FN3O. The van der Waals surface area contributed by atoms with Crippen LogP contribution in [-0.4, -0.2) is 10.9 Å². The molecule has 1 aromatic carbocycles. The van der Waals surface area contributed by atoms with Crippen LogP contribution < -0.4 is 11.1 Å². The molecule has 1 amide bonds. The average molecular weight is 259 g/mol. The van der Waals surface area contributed by atoms with Gasteiger partial charge in [0.05, 0.1) is 5.69 Å². The van der Waals surface area contributed by atoms with Crippen LogP contribution in [0.15, 0.2) is 30.3 Å². The second-order valence-corrected chi connectivity index (χ2v) is 4.31. The molecule has 1 aromatic heterocycles. The Morgan fingerprint density at radius 2 is 2.05 bits per heavy atom. The highest BCUT2D eigenvalue weighted by atomic mass is 19.1. The number of carbonyl (C=O) groups excluding carboxylic acids is 1. The number of hydrogen-bond acceptors (Lipinski definition) is 3. The van der Waals surface area contributed by atoms with Crippen molar-refractivity contribution in [2.24, 2.45) is 0 Å². The number of nitrogens with two attached hydrogens (primary N) is 1. The minimum atomic E-state index is -0.466. The molecule has 5 heteroatoms. The topological polar surface area (TPSA) is 68.0 Å². The van der Waals surface area contributed by atoms with Gasteiger partial charge in [-0.1, -0.05) is 12.1 Å². The van der Waals surface area contributed by atoms with Crippen molar-refractivity contribution in [3.8, 4) is 0 Å². The van der Waals surface area contributed by atoms with Crippen LogP contribution in [0.2, 0.25) is 0 Å². The van der Waals surface area contributed by atoms with Crippen molar-refractivity contribution in [3.63, 3.8) is 0 Å². The Kier molecular flexibility index (Phi) is 3.46. The van der Waals surface area contributed by atoms with E-state index >= 15 is 0 Å². The molecule has 4 nitrogen and oxygen atoms in total. The van der Waals surface area contributed by atoms with Crippen LogP contribution in [0.25, 0.3) is 0 Å². The summed E-state index contributed by atoms with van der Waals surface area (Å²) in [5, 5.41) is 2.55. The summed E-state index contributed by atoms with van der Waals surface area (Å²) in [5.74, 6) is -0.618. The van der Waals surface area contributed by atoms with E-state index in [4.69, 9.17) is 5.73 Å². The quantitative estimate of drug-likeness (QED) is 0.871. The number of pyridine rings is 1. The van der Waals surface area contributed by atoms with Crippen molar-refractivity contribution >= 4 is 17.4 Å². The number of aromatic nitrogens is 1. The predicted octanol–water partition coefficient (Wildman–Crippen LogP) is 2.67. The van der Waals surface area contributed by atoms with Crippen LogP contribution in [0.3, 0.4) is 0 Å². The first kappa shape index (κ1) is 13.0. The maximum atomic E-state index is 13.6. The van der Waals surface area contributed by atoms with Crippen LogP contribution in [0.5, 0.6) is 0 Å². The summed E-state index contributed by atoms with van der Waals surface area (Å²) in [6.07, 6.45) is 0.